The standard InChI is InChI=1S/C22H31N7O/c1-6-22(3,4)29-20(24-25-26-29)19(28-11-9-27(5)10-12-28)17-14-16-8-7-15(2)13-18(16)23-21(17)30/h7-8,13-14,19H,6,9-12H2,1-5H3,(H,23,30)/t19-/m1/s1. The van der Waals surface area contributed by atoms with Gasteiger partial charge in [0.25, 0.3) is 5.56 Å². The van der Waals surface area contributed by atoms with Gasteiger partial charge in [-0.1, -0.05) is 19.1 Å². The second kappa shape index (κ2) is 7.92. The van der Waals surface area contributed by atoms with Gasteiger partial charge < -0.3 is 9.88 Å². The van der Waals surface area contributed by atoms with Gasteiger partial charge in [0.2, 0.25) is 0 Å². The number of aromatic nitrogens is 5. The maximum atomic E-state index is 13.2. The Morgan fingerprint density at radius 1 is 1.17 bits per heavy atom. The summed E-state index contributed by atoms with van der Waals surface area (Å²) in [5.74, 6) is 0.725. The van der Waals surface area contributed by atoms with Crippen LogP contribution in [0, 0.1) is 6.92 Å². The van der Waals surface area contributed by atoms with Crippen molar-refractivity contribution in [1.29, 1.82) is 0 Å². The number of likely N-dealkylation sites (N-methyl/N-ethyl adjacent to an activating group) is 1. The van der Waals surface area contributed by atoms with E-state index >= 15 is 0 Å². The molecule has 0 unspecified atom stereocenters. The Hall–Kier alpha value is -2.58. The fourth-order valence-corrected chi connectivity index (χ4v) is 4.06. The molecule has 2 aromatic heterocycles. The maximum absolute atomic E-state index is 13.2. The molecule has 1 atom stereocenters. The molecule has 4 rings (SSSR count). The van der Waals surface area contributed by atoms with Crippen molar-refractivity contribution in [3.63, 3.8) is 0 Å². The number of benzene rings is 1. The summed E-state index contributed by atoms with van der Waals surface area (Å²) in [5, 5.41) is 13.8. The van der Waals surface area contributed by atoms with Crippen LogP contribution in [0.2, 0.25) is 0 Å². The summed E-state index contributed by atoms with van der Waals surface area (Å²) in [6, 6.07) is 7.85. The summed E-state index contributed by atoms with van der Waals surface area (Å²) in [4.78, 5) is 21.0. The van der Waals surface area contributed by atoms with Gasteiger partial charge in [-0.05, 0) is 67.7 Å². The number of nitrogens with zero attached hydrogens (tertiary/aromatic N) is 6. The third kappa shape index (κ3) is 3.77. The summed E-state index contributed by atoms with van der Waals surface area (Å²) in [7, 11) is 2.13. The molecular formula is C22H31N7O. The van der Waals surface area contributed by atoms with Crippen molar-refractivity contribution in [2.45, 2.75) is 45.7 Å². The summed E-state index contributed by atoms with van der Waals surface area (Å²) in [5.41, 5.74) is 2.34. The molecule has 1 N–H and O–H groups in total. The zero-order chi connectivity index (χ0) is 21.5. The lowest BCUT2D eigenvalue weighted by Gasteiger charge is -2.38. The number of aryl methyl sites for hydroxylation is 1. The molecule has 1 saturated heterocycles. The predicted molar refractivity (Wildman–Crippen MR) is 118 cm³/mol. The average molecular weight is 410 g/mol. The highest BCUT2D eigenvalue weighted by Crippen LogP contribution is 2.31. The van der Waals surface area contributed by atoms with E-state index < -0.39 is 0 Å². The highest BCUT2D eigenvalue weighted by molar-refractivity contribution is 5.79. The molecule has 1 aliphatic rings. The van der Waals surface area contributed by atoms with Gasteiger partial charge in [0.1, 0.15) is 6.04 Å². The van der Waals surface area contributed by atoms with Crippen molar-refractivity contribution < 1.29 is 0 Å². The lowest BCUT2D eigenvalue weighted by Crippen LogP contribution is -2.48. The third-order valence-electron chi connectivity index (χ3n) is 6.40. The van der Waals surface area contributed by atoms with E-state index in [0.29, 0.717) is 5.56 Å². The Kier molecular flexibility index (Phi) is 5.46. The third-order valence-corrected chi connectivity index (χ3v) is 6.40. The molecule has 0 spiro atoms. The second-order valence-electron chi connectivity index (χ2n) is 9.00. The van der Waals surface area contributed by atoms with Crippen LogP contribution in [0.4, 0.5) is 0 Å². The molecule has 1 aromatic carbocycles. The van der Waals surface area contributed by atoms with Crippen LogP contribution < -0.4 is 5.56 Å². The SMILES string of the molecule is CCC(C)(C)n1nnnc1[C@@H](c1cc2ccc(C)cc2[nH]c1=O)N1CCN(C)CC1. The number of H-pyrrole nitrogens is 1. The first-order valence-corrected chi connectivity index (χ1v) is 10.6. The zero-order valence-electron chi connectivity index (χ0n) is 18.5. The highest BCUT2D eigenvalue weighted by Gasteiger charge is 2.35. The van der Waals surface area contributed by atoms with Crippen molar-refractivity contribution in [3.05, 3.63) is 51.6 Å². The van der Waals surface area contributed by atoms with Crippen LogP contribution in [0.15, 0.2) is 29.1 Å². The lowest BCUT2D eigenvalue weighted by atomic mass is 9.98. The van der Waals surface area contributed by atoms with Crippen LogP contribution in [-0.2, 0) is 5.54 Å². The van der Waals surface area contributed by atoms with Gasteiger partial charge in [-0.15, -0.1) is 5.10 Å². The molecule has 0 amide bonds. The van der Waals surface area contributed by atoms with Crippen LogP contribution in [0.25, 0.3) is 10.9 Å². The molecule has 8 nitrogen and oxygen atoms in total. The van der Waals surface area contributed by atoms with Gasteiger partial charge in [0.05, 0.1) is 5.54 Å². The quantitative estimate of drug-likeness (QED) is 0.696. The van der Waals surface area contributed by atoms with Crippen LogP contribution in [0.5, 0.6) is 0 Å². The minimum absolute atomic E-state index is 0.0825. The number of rotatable bonds is 5. The van der Waals surface area contributed by atoms with Gasteiger partial charge >= 0.3 is 0 Å². The van der Waals surface area contributed by atoms with E-state index in [1.54, 1.807) is 0 Å². The van der Waals surface area contributed by atoms with Crippen molar-refractivity contribution in [2.75, 3.05) is 33.2 Å². The Labute approximate surface area is 176 Å². The summed E-state index contributed by atoms with van der Waals surface area (Å²) < 4.78 is 1.90. The van der Waals surface area contributed by atoms with Crippen molar-refractivity contribution in [3.8, 4) is 0 Å². The van der Waals surface area contributed by atoms with E-state index in [9.17, 15) is 4.79 Å². The van der Waals surface area contributed by atoms with Gasteiger partial charge in [-0.3, -0.25) is 9.69 Å². The molecule has 1 aliphatic heterocycles. The minimum Gasteiger partial charge on any atom is -0.322 e. The van der Waals surface area contributed by atoms with Crippen molar-refractivity contribution in [1.82, 2.24) is 35.0 Å². The van der Waals surface area contributed by atoms with Gasteiger partial charge in [-0.25, -0.2) is 4.68 Å². The van der Waals surface area contributed by atoms with Gasteiger partial charge in [0, 0.05) is 37.3 Å². The lowest BCUT2D eigenvalue weighted by molar-refractivity contribution is 0.117. The molecule has 30 heavy (non-hydrogen) atoms. The van der Waals surface area contributed by atoms with Crippen LogP contribution in [0.3, 0.4) is 0 Å². The van der Waals surface area contributed by atoms with E-state index in [2.05, 4.69) is 70.3 Å². The molecule has 0 aliphatic carbocycles. The molecular weight excluding hydrogens is 378 g/mol. The smallest absolute Gasteiger partial charge is 0.253 e. The summed E-state index contributed by atoms with van der Waals surface area (Å²) in [6.45, 7) is 12.0. The second-order valence-corrected chi connectivity index (χ2v) is 9.00. The van der Waals surface area contributed by atoms with Crippen LogP contribution in [0.1, 0.15) is 50.2 Å². The molecule has 1 fully saturated rings. The Bertz CT molecular complexity index is 1090. The number of pyridine rings is 1. The number of hydrogen-bond acceptors (Lipinski definition) is 6. The number of piperazine rings is 1. The first-order chi connectivity index (χ1) is 14.3. The van der Waals surface area contributed by atoms with E-state index in [4.69, 9.17) is 0 Å². The average Bonchev–Trinajstić information content (AvgIpc) is 3.20. The summed E-state index contributed by atoms with van der Waals surface area (Å²) in [6.07, 6.45) is 0.883. The first-order valence-electron chi connectivity index (χ1n) is 10.6. The number of aromatic amines is 1. The summed E-state index contributed by atoms with van der Waals surface area (Å²) >= 11 is 0. The molecule has 0 saturated carbocycles. The Morgan fingerprint density at radius 3 is 2.60 bits per heavy atom. The van der Waals surface area contributed by atoms with E-state index in [-0.39, 0.29) is 17.1 Å². The Balaban J connectivity index is 1.88. The maximum Gasteiger partial charge on any atom is 0.253 e. The molecule has 0 radical (unpaired) electrons. The van der Waals surface area contributed by atoms with Gasteiger partial charge in [-0.2, -0.15) is 0 Å². The van der Waals surface area contributed by atoms with Crippen molar-refractivity contribution in [2.24, 2.45) is 0 Å². The normalized spacial score (nSPS) is 17.5. The topological polar surface area (TPSA) is 82.9 Å². The zero-order valence-corrected chi connectivity index (χ0v) is 18.5. The number of hydrogen-bond donors (Lipinski definition) is 1. The number of tetrazole rings is 1. The molecule has 160 valence electrons. The van der Waals surface area contributed by atoms with E-state index in [0.717, 1.165) is 54.9 Å². The van der Waals surface area contributed by atoms with Gasteiger partial charge in [0.15, 0.2) is 5.82 Å². The molecule has 0 bridgehead atoms. The first kappa shape index (κ1) is 20.7. The number of fused-ring (bicyclic) bond motifs is 1. The largest absolute Gasteiger partial charge is 0.322 e. The minimum atomic E-state index is -0.297. The van der Waals surface area contributed by atoms with E-state index in [1.807, 2.05) is 23.7 Å². The monoisotopic (exact) mass is 409 g/mol. The van der Waals surface area contributed by atoms with Crippen LogP contribution in [-0.4, -0.2) is 68.2 Å². The molecule has 3 heterocycles. The van der Waals surface area contributed by atoms with Crippen molar-refractivity contribution >= 4 is 10.9 Å². The highest BCUT2D eigenvalue weighted by atomic mass is 16.1. The van der Waals surface area contributed by atoms with E-state index in [1.165, 1.54) is 0 Å². The molecule has 8 heteroatoms. The van der Waals surface area contributed by atoms with Crippen LogP contribution >= 0.6 is 0 Å². The Morgan fingerprint density at radius 2 is 1.90 bits per heavy atom. The number of nitrogens with one attached hydrogen (secondary N) is 1. The molecule has 3 aromatic rings. The fraction of sp³-hybridized carbons (Fsp3) is 0.545. The fourth-order valence-electron chi connectivity index (χ4n) is 4.06. The predicted octanol–water partition coefficient (Wildman–Crippen LogP) is 2.30.